The van der Waals surface area contributed by atoms with Crippen molar-refractivity contribution in [3.05, 3.63) is 29.8 Å². The average molecular weight is 251 g/mol. The lowest BCUT2D eigenvalue weighted by Gasteiger charge is -2.16. The van der Waals surface area contributed by atoms with Crippen LogP contribution in [-0.2, 0) is 16.0 Å². The molecule has 0 aliphatic rings. The van der Waals surface area contributed by atoms with Crippen molar-refractivity contribution in [2.75, 3.05) is 20.7 Å². The van der Waals surface area contributed by atoms with E-state index in [9.17, 15) is 9.59 Å². The predicted molar refractivity (Wildman–Crippen MR) is 66.6 cm³/mol. The highest BCUT2D eigenvalue weighted by Gasteiger charge is 2.10. The lowest BCUT2D eigenvalue weighted by molar-refractivity contribution is -0.138. The summed E-state index contributed by atoms with van der Waals surface area (Å²) < 4.78 is 5.03. The van der Waals surface area contributed by atoms with Crippen LogP contribution in [0.4, 0.5) is 0 Å². The summed E-state index contributed by atoms with van der Waals surface area (Å²) in [5, 5.41) is 8.54. The number of methoxy groups -OCH3 is 1. The fourth-order valence-electron chi connectivity index (χ4n) is 1.44. The number of likely N-dealkylation sites (N-methyl/N-ethyl adjacent to an activating group) is 1. The minimum atomic E-state index is -0.904. The molecule has 1 aromatic carbocycles. The van der Waals surface area contributed by atoms with Gasteiger partial charge in [-0.15, -0.1) is 0 Å². The zero-order valence-electron chi connectivity index (χ0n) is 10.5. The van der Waals surface area contributed by atoms with Crippen LogP contribution in [0.1, 0.15) is 12.0 Å². The van der Waals surface area contributed by atoms with Gasteiger partial charge in [-0.2, -0.15) is 0 Å². The number of amides is 1. The maximum atomic E-state index is 11.8. The number of benzene rings is 1. The number of ether oxygens (including phenoxy) is 1. The Morgan fingerprint density at radius 3 is 2.39 bits per heavy atom. The Kier molecular flexibility index (Phi) is 5.17. The third-order valence-electron chi connectivity index (χ3n) is 2.60. The number of carboxylic acid groups (broad SMARTS) is 1. The van der Waals surface area contributed by atoms with E-state index in [4.69, 9.17) is 9.84 Å². The van der Waals surface area contributed by atoms with Gasteiger partial charge in [0.1, 0.15) is 5.75 Å². The van der Waals surface area contributed by atoms with Gasteiger partial charge in [0, 0.05) is 13.6 Å². The van der Waals surface area contributed by atoms with Crippen molar-refractivity contribution in [3.63, 3.8) is 0 Å². The SMILES string of the molecule is COc1ccc(CC(=O)N(C)CCC(=O)O)cc1. The summed E-state index contributed by atoms with van der Waals surface area (Å²) in [7, 11) is 3.19. The number of hydrogen-bond donors (Lipinski definition) is 1. The number of hydrogen-bond acceptors (Lipinski definition) is 3. The average Bonchev–Trinajstić information content (AvgIpc) is 2.36. The Balaban J connectivity index is 2.49. The van der Waals surface area contributed by atoms with Crippen LogP contribution in [0.3, 0.4) is 0 Å². The maximum absolute atomic E-state index is 11.8. The minimum Gasteiger partial charge on any atom is -0.497 e. The van der Waals surface area contributed by atoms with Gasteiger partial charge in [0.2, 0.25) is 5.91 Å². The molecule has 1 N–H and O–H groups in total. The zero-order chi connectivity index (χ0) is 13.5. The Morgan fingerprint density at radius 1 is 1.28 bits per heavy atom. The quantitative estimate of drug-likeness (QED) is 0.824. The first-order chi connectivity index (χ1) is 8.52. The molecule has 0 unspecified atom stereocenters. The standard InChI is InChI=1S/C13H17NO4/c1-14(8-7-13(16)17)12(15)9-10-3-5-11(18-2)6-4-10/h3-6H,7-9H2,1-2H3,(H,16,17). The van der Waals surface area contributed by atoms with Crippen molar-refractivity contribution < 1.29 is 19.4 Å². The number of aliphatic carboxylic acids is 1. The van der Waals surface area contributed by atoms with Crippen molar-refractivity contribution in [3.8, 4) is 5.75 Å². The highest BCUT2D eigenvalue weighted by molar-refractivity contribution is 5.79. The third kappa shape index (κ3) is 4.45. The van der Waals surface area contributed by atoms with E-state index in [0.29, 0.717) is 0 Å². The van der Waals surface area contributed by atoms with Crippen LogP contribution >= 0.6 is 0 Å². The van der Waals surface area contributed by atoms with Crippen molar-refractivity contribution in [1.29, 1.82) is 0 Å². The number of carbonyl (C=O) groups is 2. The molecule has 5 heteroatoms. The second-order valence-electron chi connectivity index (χ2n) is 3.98. The lowest BCUT2D eigenvalue weighted by Crippen LogP contribution is -2.30. The number of rotatable bonds is 6. The molecule has 0 saturated heterocycles. The summed E-state index contributed by atoms with van der Waals surface area (Å²) in [6, 6.07) is 7.23. The van der Waals surface area contributed by atoms with Crippen LogP contribution in [0, 0.1) is 0 Å². The van der Waals surface area contributed by atoms with Gasteiger partial charge < -0.3 is 14.7 Å². The van der Waals surface area contributed by atoms with Gasteiger partial charge in [-0.25, -0.2) is 0 Å². The molecule has 1 rings (SSSR count). The van der Waals surface area contributed by atoms with Gasteiger partial charge in [0.15, 0.2) is 0 Å². The van der Waals surface area contributed by atoms with Gasteiger partial charge in [0.05, 0.1) is 20.0 Å². The Morgan fingerprint density at radius 2 is 1.89 bits per heavy atom. The molecular weight excluding hydrogens is 234 g/mol. The molecule has 0 bridgehead atoms. The molecule has 0 saturated carbocycles. The minimum absolute atomic E-state index is 0.0369. The smallest absolute Gasteiger partial charge is 0.305 e. The van der Waals surface area contributed by atoms with E-state index in [1.807, 2.05) is 12.1 Å². The summed E-state index contributed by atoms with van der Waals surface area (Å²) in [5.41, 5.74) is 0.878. The molecule has 0 spiro atoms. The first-order valence-corrected chi connectivity index (χ1v) is 5.61. The normalized spacial score (nSPS) is 9.89. The Bertz CT molecular complexity index is 414. The van der Waals surface area contributed by atoms with E-state index < -0.39 is 5.97 Å². The van der Waals surface area contributed by atoms with Gasteiger partial charge in [0.25, 0.3) is 0 Å². The summed E-state index contributed by atoms with van der Waals surface area (Å²) in [6.07, 6.45) is 0.227. The van der Waals surface area contributed by atoms with Crippen molar-refractivity contribution in [2.45, 2.75) is 12.8 Å². The highest BCUT2D eigenvalue weighted by Crippen LogP contribution is 2.12. The van der Waals surface area contributed by atoms with Crippen LogP contribution < -0.4 is 4.74 Å². The predicted octanol–water partition coefficient (Wildman–Crippen LogP) is 1.17. The molecule has 0 atom stereocenters. The van der Waals surface area contributed by atoms with Gasteiger partial charge >= 0.3 is 5.97 Å². The molecule has 0 aromatic heterocycles. The van der Waals surface area contributed by atoms with Crippen molar-refractivity contribution in [2.24, 2.45) is 0 Å². The molecule has 18 heavy (non-hydrogen) atoms. The third-order valence-corrected chi connectivity index (χ3v) is 2.60. The second kappa shape index (κ2) is 6.64. The molecule has 0 aliphatic heterocycles. The highest BCUT2D eigenvalue weighted by atomic mass is 16.5. The first kappa shape index (κ1) is 14.0. The zero-order valence-corrected chi connectivity index (χ0v) is 10.5. The summed E-state index contributed by atoms with van der Waals surface area (Å²) >= 11 is 0. The van der Waals surface area contributed by atoms with Crippen LogP contribution in [0.15, 0.2) is 24.3 Å². The molecule has 1 aromatic rings. The van der Waals surface area contributed by atoms with Gasteiger partial charge in [-0.05, 0) is 17.7 Å². The second-order valence-corrected chi connectivity index (χ2v) is 3.98. The van der Waals surface area contributed by atoms with Crippen LogP contribution in [0.25, 0.3) is 0 Å². The Labute approximate surface area is 106 Å². The number of carbonyl (C=O) groups excluding carboxylic acids is 1. The lowest BCUT2D eigenvalue weighted by atomic mass is 10.1. The molecule has 98 valence electrons. The maximum Gasteiger partial charge on any atom is 0.305 e. The molecular formula is C13H17NO4. The van der Waals surface area contributed by atoms with E-state index in [-0.39, 0.29) is 25.3 Å². The van der Waals surface area contributed by atoms with E-state index in [1.54, 1.807) is 26.3 Å². The van der Waals surface area contributed by atoms with E-state index >= 15 is 0 Å². The van der Waals surface area contributed by atoms with E-state index in [0.717, 1.165) is 11.3 Å². The van der Waals surface area contributed by atoms with Crippen LogP contribution in [-0.4, -0.2) is 42.6 Å². The number of nitrogens with zero attached hydrogens (tertiary/aromatic N) is 1. The van der Waals surface area contributed by atoms with Crippen molar-refractivity contribution in [1.82, 2.24) is 4.90 Å². The number of carboxylic acids is 1. The van der Waals surface area contributed by atoms with Crippen molar-refractivity contribution >= 4 is 11.9 Å². The summed E-state index contributed by atoms with van der Waals surface area (Å²) in [6.45, 7) is 0.227. The van der Waals surface area contributed by atoms with Gasteiger partial charge in [-0.1, -0.05) is 12.1 Å². The first-order valence-electron chi connectivity index (χ1n) is 5.61. The largest absolute Gasteiger partial charge is 0.497 e. The van der Waals surface area contributed by atoms with Crippen LogP contribution in [0.2, 0.25) is 0 Å². The van der Waals surface area contributed by atoms with Crippen LogP contribution in [0.5, 0.6) is 5.75 Å². The topological polar surface area (TPSA) is 66.8 Å². The Hall–Kier alpha value is -2.04. The molecule has 0 heterocycles. The monoisotopic (exact) mass is 251 g/mol. The molecule has 0 radical (unpaired) electrons. The molecule has 1 amide bonds. The molecule has 5 nitrogen and oxygen atoms in total. The van der Waals surface area contributed by atoms with E-state index in [1.165, 1.54) is 4.90 Å². The fraction of sp³-hybridized carbons (Fsp3) is 0.385. The summed E-state index contributed by atoms with van der Waals surface area (Å²) in [4.78, 5) is 23.6. The van der Waals surface area contributed by atoms with Gasteiger partial charge in [-0.3, -0.25) is 9.59 Å². The fourth-order valence-corrected chi connectivity index (χ4v) is 1.44. The van der Waals surface area contributed by atoms with E-state index in [2.05, 4.69) is 0 Å². The summed E-state index contributed by atoms with van der Waals surface area (Å²) in [5.74, 6) is -0.258. The molecule has 0 aliphatic carbocycles. The molecule has 0 fully saturated rings.